The molecule has 17 heavy (non-hydrogen) atoms. The Labute approximate surface area is 99.3 Å². The number of benzene rings is 1. The first-order chi connectivity index (χ1) is 8.09. The molecule has 4 nitrogen and oxygen atoms in total. The summed E-state index contributed by atoms with van der Waals surface area (Å²) in [5.74, 6) is -1.20. The van der Waals surface area contributed by atoms with Crippen molar-refractivity contribution >= 4 is 17.3 Å². The van der Waals surface area contributed by atoms with Crippen LogP contribution >= 0.6 is 0 Å². The Bertz CT molecular complexity index is 437. The number of halogens is 1. The molecular weight excluding hydrogens is 223 g/mol. The number of nitrogens with zero attached hydrogens (tertiary/aromatic N) is 2. The Morgan fingerprint density at radius 2 is 2.24 bits per heavy atom. The molecule has 0 unspecified atom stereocenters. The molecule has 0 aromatic heterocycles. The molecule has 0 bridgehead atoms. The molecule has 2 rings (SSSR count). The highest BCUT2D eigenvalue weighted by atomic mass is 19.1. The van der Waals surface area contributed by atoms with Crippen molar-refractivity contribution in [2.75, 3.05) is 36.5 Å². The minimum Gasteiger partial charge on any atom is -0.480 e. The van der Waals surface area contributed by atoms with Gasteiger partial charge in [-0.05, 0) is 18.6 Å². The van der Waals surface area contributed by atoms with Crippen molar-refractivity contribution in [2.45, 2.75) is 6.42 Å². The van der Waals surface area contributed by atoms with Crippen molar-refractivity contribution in [3.8, 4) is 0 Å². The molecule has 1 aliphatic heterocycles. The zero-order chi connectivity index (χ0) is 12.4. The molecule has 0 saturated heterocycles. The summed E-state index contributed by atoms with van der Waals surface area (Å²) in [6, 6.07) is 4.78. The van der Waals surface area contributed by atoms with E-state index in [9.17, 15) is 9.18 Å². The molecule has 1 N–H and O–H groups in total. The second kappa shape index (κ2) is 4.61. The Balaban J connectivity index is 2.43. The first-order valence-electron chi connectivity index (χ1n) is 5.56. The first-order valence-corrected chi connectivity index (χ1v) is 5.56. The molecule has 5 heteroatoms. The quantitative estimate of drug-likeness (QED) is 0.849. The highest BCUT2D eigenvalue weighted by Gasteiger charge is 2.22. The molecule has 0 fully saturated rings. The second-order valence-electron chi connectivity index (χ2n) is 4.20. The van der Waals surface area contributed by atoms with Crippen LogP contribution in [0, 0.1) is 5.82 Å². The van der Waals surface area contributed by atoms with E-state index in [0.29, 0.717) is 17.9 Å². The number of carboxylic acid groups (broad SMARTS) is 1. The summed E-state index contributed by atoms with van der Waals surface area (Å²) in [7, 11) is 1.83. The Hall–Kier alpha value is -1.78. The van der Waals surface area contributed by atoms with Crippen LogP contribution in [0.3, 0.4) is 0 Å². The number of rotatable bonds is 2. The second-order valence-corrected chi connectivity index (χ2v) is 4.20. The third kappa shape index (κ3) is 2.33. The van der Waals surface area contributed by atoms with Crippen molar-refractivity contribution in [1.82, 2.24) is 0 Å². The maximum atomic E-state index is 13.8. The topological polar surface area (TPSA) is 43.8 Å². The van der Waals surface area contributed by atoms with E-state index in [2.05, 4.69) is 0 Å². The van der Waals surface area contributed by atoms with Crippen molar-refractivity contribution in [3.05, 3.63) is 24.0 Å². The van der Waals surface area contributed by atoms with Gasteiger partial charge in [0.1, 0.15) is 12.4 Å². The highest BCUT2D eigenvalue weighted by molar-refractivity contribution is 5.79. The molecule has 0 saturated carbocycles. The fourth-order valence-corrected chi connectivity index (χ4v) is 2.20. The van der Waals surface area contributed by atoms with Crippen LogP contribution in [-0.4, -0.2) is 37.8 Å². The molecule has 0 amide bonds. The van der Waals surface area contributed by atoms with Crippen LogP contribution in [-0.2, 0) is 4.79 Å². The summed E-state index contributed by atoms with van der Waals surface area (Å²) in [6.45, 7) is 1.27. The van der Waals surface area contributed by atoms with Crippen molar-refractivity contribution in [2.24, 2.45) is 0 Å². The van der Waals surface area contributed by atoms with Gasteiger partial charge in [0, 0.05) is 20.1 Å². The van der Waals surface area contributed by atoms with E-state index in [0.717, 1.165) is 13.0 Å². The van der Waals surface area contributed by atoms with Gasteiger partial charge in [-0.2, -0.15) is 0 Å². The van der Waals surface area contributed by atoms with Crippen molar-refractivity contribution in [1.29, 1.82) is 0 Å². The molecule has 1 aliphatic rings. The van der Waals surface area contributed by atoms with Gasteiger partial charge in [-0.25, -0.2) is 4.39 Å². The number of fused-ring (bicyclic) bond motifs is 1. The number of hydrogen-bond donors (Lipinski definition) is 1. The first kappa shape index (κ1) is 11.7. The smallest absolute Gasteiger partial charge is 0.323 e. The van der Waals surface area contributed by atoms with Gasteiger partial charge in [-0.3, -0.25) is 4.79 Å². The van der Waals surface area contributed by atoms with E-state index in [1.165, 1.54) is 6.07 Å². The fourth-order valence-electron chi connectivity index (χ4n) is 2.20. The highest BCUT2D eigenvalue weighted by Crippen LogP contribution is 2.33. The molecule has 0 aliphatic carbocycles. The van der Waals surface area contributed by atoms with Gasteiger partial charge in [0.2, 0.25) is 0 Å². The average Bonchev–Trinajstić information content (AvgIpc) is 2.40. The molecule has 1 aromatic rings. The Morgan fingerprint density at radius 1 is 1.47 bits per heavy atom. The average molecular weight is 238 g/mol. The van der Waals surface area contributed by atoms with Crippen LogP contribution in [0.2, 0.25) is 0 Å². The van der Waals surface area contributed by atoms with E-state index in [1.54, 1.807) is 17.0 Å². The van der Waals surface area contributed by atoms with Crippen molar-refractivity contribution in [3.63, 3.8) is 0 Å². The van der Waals surface area contributed by atoms with E-state index in [-0.39, 0.29) is 12.4 Å². The van der Waals surface area contributed by atoms with Crippen LogP contribution in [0.5, 0.6) is 0 Å². The predicted molar refractivity (Wildman–Crippen MR) is 64.1 cm³/mol. The largest absolute Gasteiger partial charge is 0.480 e. The van der Waals surface area contributed by atoms with Gasteiger partial charge < -0.3 is 14.9 Å². The maximum absolute atomic E-state index is 13.8. The molecule has 0 radical (unpaired) electrons. The Kier molecular flexibility index (Phi) is 3.17. The molecule has 1 heterocycles. The lowest BCUT2D eigenvalue weighted by Crippen LogP contribution is -2.30. The number of para-hydroxylation sites is 1. The third-order valence-electron chi connectivity index (χ3n) is 2.94. The molecular formula is C12H15FN2O2. The Morgan fingerprint density at radius 3 is 2.94 bits per heavy atom. The summed E-state index contributed by atoms with van der Waals surface area (Å²) in [6.07, 6.45) is 0.817. The van der Waals surface area contributed by atoms with E-state index >= 15 is 0 Å². The van der Waals surface area contributed by atoms with Gasteiger partial charge in [0.05, 0.1) is 11.4 Å². The lowest BCUT2D eigenvalue weighted by atomic mass is 10.2. The fraction of sp³-hybridized carbons (Fsp3) is 0.417. The predicted octanol–water partition coefficient (Wildman–Crippen LogP) is 1.56. The summed E-state index contributed by atoms with van der Waals surface area (Å²) >= 11 is 0. The lowest BCUT2D eigenvalue weighted by Gasteiger charge is -2.24. The van der Waals surface area contributed by atoms with Gasteiger partial charge in [-0.1, -0.05) is 6.07 Å². The van der Waals surface area contributed by atoms with Gasteiger partial charge in [0.15, 0.2) is 0 Å². The number of anilines is 2. The zero-order valence-corrected chi connectivity index (χ0v) is 9.69. The molecule has 1 aromatic carbocycles. The van der Waals surface area contributed by atoms with Gasteiger partial charge in [-0.15, -0.1) is 0 Å². The number of carbonyl (C=O) groups is 1. The number of aliphatic carboxylic acids is 1. The maximum Gasteiger partial charge on any atom is 0.323 e. The normalized spacial score (nSPS) is 15.4. The SMILES string of the molecule is CN1CCCN(CC(=O)O)c2cccc(F)c21. The van der Waals surface area contributed by atoms with Gasteiger partial charge >= 0.3 is 5.97 Å². The monoisotopic (exact) mass is 238 g/mol. The summed E-state index contributed by atoms with van der Waals surface area (Å²) < 4.78 is 13.8. The van der Waals surface area contributed by atoms with E-state index in [1.807, 2.05) is 11.9 Å². The van der Waals surface area contributed by atoms with Crippen LogP contribution in [0.15, 0.2) is 18.2 Å². The molecule has 0 spiro atoms. The minimum atomic E-state index is -0.898. The molecule has 92 valence electrons. The summed E-state index contributed by atoms with van der Waals surface area (Å²) in [4.78, 5) is 14.4. The lowest BCUT2D eigenvalue weighted by molar-refractivity contribution is -0.135. The summed E-state index contributed by atoms with van der Waals surface area (Å²) in [5, 5.41) is 8.87. The molecule has 0 atom stereocenters. The van der Waals surface area contributed by atoms with Crippen LogP contribution in [0.4, 0.5) is 15.8 Å². The minimum absolute atomic E-state index is 0.0930. The van der Waals surface area contributed by atoms with Crippen LogP contribution in [0.25, 0.3) is 0 Å². The standard InChI is InChI=1S/C12H15FN2O2/c1-14-6-3-7-15(8-11(16)17)10-5-2-4-9(13)12(10)14/h2,4-5H,3,6-8H2,1H3,(H,16,17). The van der Waals surface area contributed by atoms with Crippen molar-refractivity contribution < 1.29 is 14.3 Å². The van der Waals surface area contributed by atoms with E-state index < -0.39 is 5.97 Å². The van der Waals surface area contributed by atoms with Crippen LogP contribution < -0.4 is 9.80 Å². The number of hydrogen-bond acceptors (Lipinski definition) is 3. The van der Waals surface area contributed by atoms with Gasteiger partial charge in [0.25, 0.3) is 0 Å². The summed E-state index contributed by atoms with van der Waals surface area (Å²) in [5.41, 5.74) is 1.15. The zero-order valence-electron chi connectivity index (χ0n) is 9.69. The third-order valence-corrected chi connectivity index (χ3v) is 2.94. The van der Waals surface area contributed by atoms with Crippen LogP contribution in [0.1, 0.15) is 6.42 Å². The van der Waals surface area contributed by atoms with E-state index in [4.69, 9.17) is 5.11 Å². The number of carboxylic acids is 1.